The van der Waals surface area contributed by atoms with E-state index in [1.165, 1.54) is 23.9 Å². The molecule has 130 valence electrons. The van der Waals surface area contributed by atoms with Crippen molar-refractivity contribution in [2.75, 3.05) is 5.75 Å². The number of benzene rings is 1. The number of aryl methyl sites for hydroxylation is 2. The number of aromatic nitrogens is 4. The summed E-state index contributed by atoms with van der Waals surface area (Å²) in [7, 11) is 0. The molecule has 25 heavy (non-hydrogen) atoms. The van der Waals surface area contributed by atoms with Gasteiger partial charge in [0.15, 0.2) is 5.16 Å². The van der Waals surface area contributed by atoms with Gasteiger partial charge in [-0.1, -0.05) is 23.9 Å². The maximum Gasteiger partial charge on any atom is 0.256 e. The van der Waals surface area contributed by atoms with E-state index in [4.69, 9.17) is 0 Å². The predicted molar refractivity (Wildman–Crippen MR) is 93.9 cm³/mol. The molecule has 2 heterocycles. The number of halogens is 1. The molecule has 1 N–H and O–H groups in total. The number of nitrogens with zero attached hydrogens (tertiary/aromatic N) is 4. The smallest absolute Gasteiger partial charge is 0.256 e. The first-order valence-corrected chi connectivity index (χ1v) is 8.79. The van der Waals surface area contributed by atoms with Crippen LogP contribution in [0.1, 0.15) is 29.9 Å². The molecule has 0 saturated heterocycles. The summed E-state index contributed by atoms with van der Waals surface area (Å²) >= 11 is 1.30. The van der Waals surface area contributed by atoms with Crippen molar-refractivity contribution in [2.45, 2.75) is 32.0 Å². The van der Waals surface area contributed by atoms with Crippen molar-refractivity contribution in [2.24, 2.45) is 0 Å². The summed E-state index contributed by atoms with van der Waals surface area (Å²) in [6, 6.07) is 7.83. The maximum absolute atomic E-state index is 13.0. The molecule has 0 aliphatic heterocycles. The molecule has 1 aromatic carbocycles. The van der Waals surface area contributed by atoms with Gasteiger partial charge >= 0.3 is 0 Å². The molecule has 0 unspecified atom stereocenters. The van der Waals surface area contributed by atoms with Crippen LogP contribution in [0.25, 0.3) is 5.78 Å². The minimum atomic E-state index is -0.296. The highest BCUT2D eigenvalue weighted by molar-refractivity contribution is 7.99. The number of thioether (sulfide) groups is 1. The topological polar surface area (TPSA) is 72.2 Å². The molecule has 2 aromatic heterocycles. The second-order valence-electron chi connectivity index (χ2n) is 5.79. The van der Waals surface area contributed by atoms with Gasteiger partial charge in [-0.05, 0) is 44.5 Å². The second-order valence-corrected chi connectivity index (χ2v) is 6.73. The molecular formula is C17H18FN5OS. The van der Waals surface area contributed by atoms with Gasteiger partial charge in [0.2, 0.25) is 5.91 Å². The minimum Gasteiger partial charge on any atom is -0.349 e. The molecule has 1 atom stereocenters. The number of fused-ring (bicyclic) bond motifs is 1. The number of amides is 1. The molecule has 0 spiro atoms. The van der Waals surface area contributed by atoms with E-state index >= 15 is 0 Å². The number of hydrogen-bond donors (Lipinski definition) is 1. The standard InChI is InChI=1S/C17H18FN5OS/c1-10-8-11(2)23-16(19-10)21-22-17(23)25-9-15(24)20-12(3)13-4-6-14(18)7-5-13/h4-8,12H,9H2,1-3H3,(H,20,24)/t12-/m1/s1. The lowest BCUT2D eigenvalue weighted by atomic mass is 10.1. The molecule has 3 rings (SSSR count). The largest absolute Gasteiger partial charge is 0.349 e. The minimum absolute atomic E-state index is 0.128. The molecule has 0 saturated carbocycles. The Labute approximate surface area is 148 Å². The molecule has 0 fully saturated rings. The van der Waals surface area contributed by atoms with E-state index < -0.39 is 0 Å². The van der Waals surface area contributed by atoms with Crippen LogP contribution in [0.15, 0.2) is 35.5 Å². The van der Waals surface area contributed by atoms with Crippen LogP contribution in [0, 0.1) is 19.7 Å². The Morgan fingerprint density at radius 1 is 1.28 bits per heavy atom. The van der Waals surface area contributed by atoms with Gasteiger partial charge in [-0.25, -0.2) is 9.37 Å². The Bertz CT molecular complexity index is 909. The fraction of sp³-hybridized carbons (Fsp3) is 0.294. The number of carbonyl (C=O) groups excluding carboxylic acids is 1. The first kappa shape index (κ1) is 17.3. The van der Waals surface area contributed by atoms with Crippen molar-refractivity contribution in [3.63, 3.8) is 0 Å². The van der Waals surface area contributed by atoms with E-state index in [1.807, 2.05) is 31.2 Å². The lowest BCUT2D eigenvalue weighted by molar-refractivity contribution is -0.119. The van der Waals surface area contributed by atoms with Gasteiger partial charge in [0.25, 0.3) is 5.78 Å². The lowest BCUT2D eigenvalue weighted by Gasteiger charge is -2.14. The third-order valence-electron chi connectivity index (χ3n) is 3.74. The van der Waals surface area contributed by atoms with Crippen molar-refractivity contribution in [3.8, 4) is 0 Å². The lowest BCUT2D eigenvalue weighted by Crippen LogP contribution is -2.28. The van der Waals surface area contributed by atoms with Crippen LogP contribution in [-0.4, -0.2) is 31.2 Å². The Balaban J connectivity index is 1.63. The van der Waals surface area contributed by atoms with E-state index in [9.17, 15) is 9.18 Å². The molecule has 0 bridgehead atoms. The van der Waals surface area contributed by atoms with E-state index in [-0.39, 0.29) is 23.5 Å². The molecule has 1 amide bonds. The van der Waals surface area contributed by atoms with Crippen LogP contribution in [0.5, 0.6) is 0 Å². The van der Waals surface area contributed by atoms with E-state index in [0.29, 0.717) is 10.9 Å². The van der Waals surface area contributed by atoms with Crippen LogP contribution < -0.4 is 5.32 Å². The Hall–Kier alpha value is -2.48. The molecule has 0 radical (unpaired) electrons. The van der Waals surface area contributed by atoms with Gasteiger partial charge in [-0.3, -0.25) is 9.20 Å². The average Bonchev–Trinajstić information content (AvgIpc) is 2.96. The summed E-state index contributed by atoms with van der Waals surface area (Å²) in [6.45, 7) is 5.71. The van der Waals surface area contributed by atoms with Gasteiger partial charge in [0, 0.05) is 11.4 Å². The zero-order valence-electron chi connectivity index (χ0n) is 14.2. The summed E-state index contributed by atoms with van der Waals surface area (Å²) in [5.41, 5.74) is 2.69. The highest BCUT2D eigenvalue weighted by atomic mass is 32.2. The fourth-order valence-electron chi connectivity index (χ4n) is 2.54. The van der Waals surface area contributed by atoms with Crippen molar-refractivity contribution >= 4 is 23.4 Å². The monoisotopic (exact) mass is 359 g/mol. The first-order chi connectivity index (χ1) is 11.9. The van der Waals surface area contributed by atoms with Gasteiger partial charge in [0.05, 0.1) is 11.8 Å². The summed E-state index contributed by atoms with van der Waals surface area (Å²) in [5.74, 6) is 0.312. The molecule has 0 aliphatic rings. The molecular weight excluding hydrogens is 341 g/mol. The number of rotatable bonds is 5. The van der Waals surface area contributed by atoms with E-state index in [2.05, 4.69) is 20.5 Å². The SMILES string of the molecule is Cc1cc(C)n2c(SCC(=O)N[C@H](C)c3ccc(F)cc3)nnc2n1. The van der Waals surface area contributed by atoms with Crippen molar-refractivity contribution in [1.82, 2.24) is 24.9 Å². The van der Waals surface area contributed by atoms with Crippen LogP contribution >= 0.6 is 11.8 Å². The van der Waals surface area contributed by atoms with Gasteiger partial charge in [-0.15, -0.1) is 10.2 Å². The first-order valence-electron chi connectivity index (χ1n) is 7.81. The van der Waals surface area contributed by atoms with Crippen LogP contribution in [-0.2, 0) is 4.79 Å². The summed E-state index contributed by atoms with van der Waals surface area (Å²) in [5, 5.41) is 11.7. The third-order valence-corrected chi connectivity index (χ3v) is 4.67. The van der Waals surface area contributed by atoms with Gasteiger partial charge in [0.1, 0.15) is 5.82 Å². The average molecular weight is 359 g/mol. The molecule has 6 nitrogen and oxygen atoms in total. The van der Waals surface area contributed by atoms with Crippen molar-refractivity contribution in [1.29, 1.82) is 0 Å². The highest BCUT2D eigenvalue weighted by Gasteiger charge is 2.14. The van der Waals surface area contributed by atoms with Crippen LogP contribution in [0.2, 0.25) is 0 Å². The quantitative estimate of drug-likeness (QED) is 0.709. The summed E-state index contributed by atoms with van der Waals surface area (Å²) in [4.78, 5) is 16.5. The number of carbonyl (C=O) groups is 1. The fourth-order valence-corrected chi connectivity index (χ4v) is 3.34. The predicted octanol–water partition coefficient (Wildman–Crippen LogP) is 2.85. The second kappa shape index (κ2) is 7.18. The number of nitrogens with one attached hydrogen (secondary N) is 1. The van der Waals surface area contributed by atoms with Gasteiger partial charge in [-0.2, -0.15) is 0 Å². The Morgan fingerprint density at radius 2 is 2.00 bits per heavy atom. The summed E-state index contributed by atoms with van der Waals surface area (Å²) < 4.78 is 14.8. The van der Waals surface area contributed by atoms with Crippen molar-refractivity contribution in [3.05, 3.63) is 53.1 Å². The van der Waals surface area contributed by atoms with E-state index in [0.717, 1.165) is 17.0 Å². The summed E-state index contributed by atoms with van der Waals surface area (Å²) in [6.07, 6.45) is 0. The molecule has 3 aromatic rings. The van der Waals surface area contributed by atoms with Crippen LogP contribution in [0.3, 0.4) is 0 Å². The van der Waals surface area contributed by atoms with Crippen molar-refractivity contribution < 1.29 is 9.18 Å². The molecule has 8 heteroatoms. The van der Waals surface area contributed by atoms with E-state index in [1.54, 1.807) is 12.1 Å². The molecule has 0 aliphatic carbocycles. The third kappa shape index (κ3) is 3.96. The van der Waals surface area contributed by atoms with Crippen LogP contribution in [0.4, 0.5) is 4.39 Å². The Morgan fingerprint density at radius 3 is 2.72 bits per heavy atom. The van der Waals surface area contributed by atoms with Gasteiger partial charge < -0.3 is 5.32 Å². The highest BCUT2D eigenvalue weighted by Crippen LogP contribution is 2.19. The zero-order valence-corrected chi connectivity index (χ0v) is 15.0. The normalized spacial score (nSPS) is 12.3. The maximum atomic E-state index is 13.0. The zero-order chi connectivity index (χ0) is 18.0. The number of hydrogen-bond acceptors (Lipinski definition) is 5. The Kier molecular flexibility index (Phi) is 4.98.